The van der Waals surface area contributed by atoms with Crippen LogP contribution in [0.4, 0.5) is 10.1 Å². The summed E-state index contributed by atoms with van der Waals surface area (Å²) >= 11 is 6.02. The predicted octanol–water partition coefficient (Wildman–Crippen LogP) is 4.40. The highest BCUT2D eigenvalue weighted by Gasteiger charge is 2.32. The molecule has 1 heterocycles. The van der Waals surface area contributed by atoms with Gasteiger partial charge in [-0.25, -0.2) is 12.8 Å². The van der Waals surface area contributed by atoms with Crippen molar-refractivity contribution in [2.45, 2.75) is 25.2 Å². The van der Waals surface area contributed by atoms with Crippen LogP contribution in [0.15, 0.2) is 47.4 Å². The second-order valence-electron chi connectivity index (χ2n) is 7.34. The average Bonchev–Trinajstić information content (AvgIpc) is 2.63. The van der Waals surface area contributed by atoms with Crippen LogP contribution in [-0.4, -0.2) is 31.7 Å². The van der Waals surface area contributed by atoms with Crippen molar-refractivity contribution in [1.29, 1.82) is 0 Å². The Morgan fingerprint density at radius 2 is 1.79 bits per heavy atom. The van der Waals surface area contributed by atoms with Gasteiger partial charge in [-0.3, -0.25) is 4.79 Å². The molecule has 0 aliphatic carbocycles. The summed E-state index contributed by atoms with van der Waals surface area (Å²) in [6, 6.07) is 9.83. The standard InChI is InChI=1S/C20H22ClFN2O3S/c1-13-9-14(2)12-24(11-13)28(26,27)15-7-8-18(22)16(10-15)20(25)23-19-6-4-3-5-17(19)21/h3-8,10,13-14H,9,11-12H2,1-2H3,(H,23,25)/t13-,14-/m1/s1. The normalized spacial score (nSPS) is 20.7. The van der Waals surface area contributed by atoms with Gasteiger partial charge in [0, 0.05) is 13.1 Å². The van der Waals surface area contributed by atoms with Crippen LogP contribution < -0.4 is 5.32 Å². The van der Waals surface area contributed by atoms with Gasteiger partial charge in [-0.2, -0.15) is 4.31 Å². The van der Waals surface area contributed by atoms with Gasteiger partial charge in [-0.15, -0.1) is 0 Å². The summed E-state index contributed by atoms with van der Waals surface area (Å²) < 4.78 is 41.7. The van der Waals surface area contributed by atoms with Gasteiger partial charge in [0.05, 0.1) is 21.2 Å². The molecule has 1 aliphatic rings. The van der Waals surface area contributed by atoms with Gasteiger partial charge >= 0.3 is 0 Å². The maximum atomic E-state index is 14.3. The molecule has 2 aromatic carbocycles. The van der Waals surface area contributed by atoms with Crippen LogP contribution >= 0.6 is 11.6 Å². The Kier molecular flexibility index (Phi) is 6.07. The molecule has 150 valence electrons. The number of nitrogens with zero attached hydrogens (tertiary/aromatic N) is 1. The molecule has 0 unspecified atom stereocenters. The Balaban J connectivity index is 1.90. The molecule has 1 saturated heterocycles. The molecule has 1 N–H and O–H groups in total. The molecular formula is C20H22ClFN2O3S. The number of hydrogen-bond donors (Lipinski definition) is 1. The third kappa shape index (κ3) is 4.37. The zero-order valence-corrected chi connectivity index (χ0v) is 17.2. The van der Waals surface area contributed by atoms with Gasteiger partial charge in [0.1, 0.15) is 5.82 Å². The molecule has 0 radical (unpaired) electrons. The number of amides is 1. The SMILES string of the molecule is C[C@@H]1C[C@@H](C)CN(S(=O)(=O)c2ccc(F)c(C(=O)Nc3ccccc3Cl)c2)C1. The van der Waals surface area contributed by atoms with E-state index in [1.807, 2.05) is 13.8 Å². The average molecular weight is 425 g/mol. The number of sulfonamides is 1. The maximum absolute atomic E-state index is 14.3. The maximum Gasteiger partial charge on any atom is 0.258 e. The Bertz CT molecular complexity index is 987. The second-order valence-corrected chi connectivity index (χ2v) is 9.69. The third-order valence-corrected chi connectivity index (χ3v) is 6.93. The fourth-order valence-corrected chi connectivity index (χ4v) is 5.43. The molecule has 3 rings (SSSR count). The summed E-state index contributed by atoms with van der Waals surface area (Å²) in [4.78, 5) is 12.4. The van der Waals surface area contributed by atoms with Crippen molar-refractivity contribution < 1.29 is 17.6 Å². The number of halogens is 2. The van der Waals surface area contributed by atoms with E-state index in [0.717, 1.165) is 18.6 Å². The van der Waals surface area contributed by atoms with E-state index < -0.39 is 21.7 Å². The van der Waals surface area contributed by atoms with Gasteiger partial charge < -0.3 is 5.32 Å². The van der Waals surface area contributed by atoms with Crippen LogP contribution in [0.3, 0.4) is 0 Å². The number of rotatable bonds is 4. The summed E-state index contributed by atoms with van der Waals surface area (Å²) in [5.74, 6) is -1.09. The monoisotopic (exact) mass is 424 g/mol. The highest BCUT2D eigenvalue weighted by atomic mass is 35.5. The van der Waals surface area contributed by atoms with E-state index in [0.29, 0.717) is 23.8 Å². The fourth-order valence-electron chi connectivity index (χ4n) is 3.54. The molecule has 5 nitrogen and oxygen atoms in total. The highest BCUT2D eigenvalue weighted by Crippen LogP contribution is 2.28. The fraction of sp³-hybridized carbons (Fsp3) is 0.350. The van der Waals surface area contributed by atoms with Crippen LogP contribution in [-0.2, 0) is 10.0 Å². The van der Waals surface area contributed by atoms with Gasteiger partial charge in [0.25, 0.3) is 5.91 Å². The second kappa shape index (κ2) is 8.19. The topological polar surface area (TPSA) is 66.5 Å². The molecule has 2 atom stereocenters. The minimum atomic E-state index is -3.82. The molecule has 8 heteroatoms. The molecule has 28 heavy (non-hydrogen) atoms. The van der Waals surface area contributed by atoms with E-state index in [1.165, 1.54) is 10.4 Å². The first-order valence-corrected chi connectivity index (χ1v) is 10.9. The Hall–Kier alpha value is -1.96. The lowest BCUT2D eigenvalue weighted by atomic mass is 9.94. The number of nitrogens with one attached hydrogen (secondary N) is 1. The van der Waals surface area contributed by atoms with E-state index in [2.05, 4.69) is 5.32 Å². The highest BCUT2D eigenvalue weighted by molar-refractivity contribution is 7.89. The molecule has 0 saturated carbocycles. The Morgan fingerprint density at radius 3 is 2.43 bits per heavy atom. The Morgan fingerprint density at radius 1 is 1.14 bits per heavy atom. The van der Waals surface area contributed by atoms with Crippen LogP contribution in [0.25, 0.3) is 0 Å². The summed E-state index contributed by atoms with van der Waals surface area (Å²) in [6.07, 6.45) is 0.959. The van der Waals surface area contributed by atoms with Crippen LogP contribution in [0.5, 0.6) is 0 Å². The molecule has 0 aromatic heterocycles. The Labute approximate surface area is 169 Å². The predicted molar refractivity (Wildman–Crippen MR) is 108 cm³/mol. The van der Waals surface area contributed by atoms with Crippen molar-refractivity contribution in [3.05, 3.63) is 58.9 Å². The molecule has 1 aliphatic heterocycles. The number of benzene rings is 2. The zero-order valence-electron chi connectivity index (χ0n) is 15.7. The molecule has 2 aromatic rings. The smallest absolute Gasteiger partial charge is 0.258 e. The van der Waals surface area contributed by atoms with Gasteiger partial charge in [-0.05, 0) is 48.6 Å². The van der Waals surface area contributed by atoms with Crippen LogP contribution in [0, 0.1) is 17.7 Å². The van der Waals surface area contributed by atoms with E-state index in [-0.39, 0.29) is 22.3 Å². The molecule has 0 bridgehead atoms. The van der Waals surface area contributed by atoms with Gasteiger partial charge in [-0.1, -0.05) is 37.6 Å². The lowest BCUT2D eigenvalue weighted by Crippen LogP contribution is -2.42. The molecule has 1 amide bonds. The zero-order chi connectivity index (χ0) is 20.5. The van der Waals surface area contributed by atoms with E-state index in [9.17, 15) is 17.6 Å². The minimum absolute atomic E-state index is 0.0977. The number of hydrogen-bond acceptors (Lipinski definition) is 3. The van der Waals surface area contributed by atoms with Gasteiger partial charge in [0.2, 0.25) is 10.0 Å². The minimum Gasteiger partial charge on any atom is -0.321 e. The molecule has 0 spiro atoms. The van der Waals surface area contributed by atoms with Crippen molar-refractivity contribution in [1.82, 2.24) is 4.31 Å². The van der Waals surface area contributed by atoms with E-state index in [1.54, 1.807) is 24.3 Å². The summed E-state index contributed by atoms with van der Waals surface area (Å²) in [5.41, 5.74) is -0.0281. The number of carbonyl (C=O) groups excluding carboxylic acids is 1. The lowest BCUT2D eigenvalue weighted by molar-refractivity contribution is 0.102. The van der Waals surface area contributed by atoms with Crippen molar-refractivity contribution in [3.8, 4) is 0 Å². The quantitative estimate of drug-likeness (QED) is 0.791. The molecular weight excluding hydrogens is 403 g/mol. The summed E-state index contributed by atoms with van der Waals surface area (Å²) in [5, 5.41) is 2.82. The molecule has 1 fully saturated rings. The van der Waals surface area contributed by atoms with Crippen LogP contribution in [0.2, 0.25) is 5.02 Å². The first-order chi connectivity index (χ1) is 13.2. The van der Waals surface area contributed by atoms with E-state index in [4.69, 9.17) is 11.6 Å². The summed E-state index contributed by atoms with van der Waals surface area (Å²) in [7, 11) is -3.82. The third-order valence-electron chi connectivity index (χ3n) is 4.78. The lowest BCUT2D eigenvalue weighted by Gasteiger charge is -2.34. The van der Waals surface area contributed by atoms with Crippen LogP contribution in [0.1, 0.15) is 30.6 Å². The largest absolute Gasteiger partial charge is 0.321 e. The van der Waals surface area contributed by atoms with Crippen molar-refractivity contribution in [2.75, 3.05) is 18.4 Å². The summed E-state index contributed by atoms with van der Waals surface area (Å²) in [6.45, 7) is 4.83. The number of carbonyl (C=O) groups is 1. The first-order valence-electron chi connectivity index (χ1n) is 9.04. The van der Waals surface area contributed by atoms with Crippen molar-refractivity contribution in [2.24, 2.45) is 11.8 Å². The first kappa shape index (κ1) is 20.8. The van der Waals surface area contributed by atoms with Crippen molar-refractivity contribution in [3.63, 3.8) is 0 Å². The number of piperidine rings is 1. The number of para-hydroxylation sites is 1. The van der Waals surface area contributed by atoms with E-state index >= 15 is 0 Å². The van der Waals surface area contributed by atoms with Gasteiger partial charge in [0.15, 0.2) is 0 Å². The van der Waals surface area contributed by atoms with Crippen molar-refractivity contribution >= 4 is 33.2 Å². The number of anilines is 1.